The van der Waals surface area contributed by atoms with Gasteiger partial charge in [0.15, 0.2) is 0 Å². The van der Waals surface area contributed by atoms with Crippen LogP contribution in [0.15, 0.2) is 65.6 Å². The van der Waals surface area contributed by atoms with Gasteiger partial charge in [-0.1, -0.05) is 36.4 Å². The minimum atomic E-state index is -3.71. The van der Waals surface area contributed by atoms with Crippen molar-refractivity contribution < 1.29 is 13.2 Å². The van der Waals surface area contributed by atoms with Gasteiger partial charge in [-0.15, -0.1) is 0 Å². The fourth-order valence-corrected chi connectivity index (χ4v) is 4.17. The van der Waals surface area contributed by atoms with Crippen molar-refractivity contribution in [2.24, 2.45) is 5.73 Å². The van der Waals surface area contributed by atoms with E-state index in [9.17, 15) is 13.2 Å². The summed E-state index contributed by atoms with van der Waals surface area (Å²) < 4.78 is 28.4. The number of nitrogens with one attached hydrogen (secondary N) is 1. The van der Waals surface area contributed by atoms with E-state index >= 15 is 0 Å². The van der Waals surface area contributed by atoms with E-state index in [1.54, 1.807) is 42.5 Å². The van der Waals surface area contributed by atoms with E-state index in [1.807, 2.05) is 37.2 Å². The molecule has 0 fully saturated rings. The van der Waals surface area contributed by atoms with Gasteiger partial charge < -0.3 is 10.6 Å². The molecule has 0 aromatic heterocycles. The fraction of sp³-hybridized carbons (Fsp3) is 0.150. The van der Waals surface area contributed by atoms with Crippen molar-refractivity contribution in [1.82, 2.24) is 4.72 Å². The zero-order valence-electron chi connectivity index (χ0n) is 15.1. The average Bonchev–Trinajstić information content (AvgIpc) is 2.65. The maximum atomic E-state index is 12.9. The van der Waals surface area contributed by atoms with Gasteiger partial charge in [0, 0.05) is 42.7 Å². The van der Waals surface area contributed by atoms with Gasteiger partial charge in [-0.2, -0.15) is 0 Å². The van der Waals surface area contributed by atoms with E-state index in [0.29, 0.717) is 10.9 Å². The Labute approximate surface area is 158 Å². The quantitative estimate of drug-likeness (QED) is 0.684. The predicted octanol–water partition coefficient (Wildman–Crippen LogP) is 2.48. The molecule has 1 amide bonds. The Morgan fingerprint density at radius 2 is 1.59 bits per heavy atom. The minimum Gasteiger partial charge on any atom is -0.377 e. The number of nitrogens with two attached hydrogens (primary N) is 1. The zero-order chi connectivity index (χ0) is 19.6. The maximum Gasteiger partial charge on any atom is 0.248 e. The third kappa shape index (κ3) is 3.94. The Bertz CT molecular complexity index is 1090. The van der Waals surface area contributed by atoms with E-state index in [2.05, 4.69) is 4.72 Å². The van der Waals surface area contributed by atoms with Gasteiger partial charge in [0.2, 0.25) is 15.9 Å². The molecule has 6 nitrogen and oxygen atoms in total. The number of primary amides is 1. The Morgan fingerprint density at radius 1 is 0.963 bits per heavy atom. The molecule has 0 radical (unpaired) electrons. The highest BCUT2D eigenvalue weighted by Gasteiger charge is 2.18. The summed E-state index contributed by atoms with van der Waals surface area (Å²) in [6.07, 6.45) is 0. The molecule has 7 heteroatoms. The van der Waals surface area contributed by atoms with Crippen LogP contribution in [0.5, 0.6) is 0 Å². The molecule has 3 rings (SSSR count). The monoisotopic (exact) mass is 383 g/mol. The van der Waals surface area contributed by atoms with Gasteiger partial charge in [0.25, 0.3) is 0 Å². The number of amides is 1. The van der Waals surface area contributed by atoms with Crippen LogP contribution < -0.4 is 15.4 Å². The van der Waals surface area contributed by atoms with Gasteiger partial charge in [0.1, 0.15) is 0 Å². The van der Waals surface area contributed by atoms with Crippen LogP contribution in [0.1, 0.15) is 15.9 Å². The van der Waals surface area contributed by atoms with Crippen molar-refractivity contribution in [3.8, 4) is 0 Å². The highest BCUT2D eigenvalue weighted by Crippen LogP contribution is 2.30. The highest BCUT2D eigenvalue weighted by atomic mass is 32.2. The van der Waals surface area contributed by atoms with E-state index in [4.69, 9.17) is 5.73 Å². The number of hydrogen-bond donors (Lipinski definition) is 2. The standard InChI is InChI=1S/C20H21N3O3S/c1-23(2)18-7-3-6-17-16(18)5-4-8-19(17)27(25,26)22-13-14-9-11-15(12-10-14)20(21)24/h3-12,22H,13H2,1-2H3,(H2,21,24). The number of anilines is 1. The first-order valence-corrected chi connectivity index (χ1v) is 9.85. The normalized spacial score (nSPS) is 11.5. The van der Waals surface area contributed by atoms with E-state index < -0.39 is 15.9 Å². The van der Waals surface area contributed by atoms with Crippen molar-refractivity contribution in [3.63, 3.8) is 0 Å². The number of sulfonamides is 1. The molecule has 0 saturated carbocycles. The topological polar surface area (TPSA) is 92.5 Å². The van der Waals surface area contributed by atoms with Gasteiger partial charge in [0.05, 0.1) is 4.90 Å². The Morgan fingerprint density at radius 3 is 2.22 bits per heavy atom. The molecule has 0 aliphatic heterocycles. The average molecular weight is 383 g/mol. The summed E-state index contributed by atoms with van der Waals surface area (Å²) in [4.78, 5) is 13.3. The summed E-state index contributed by atoms with van der Waals surface area (Å²) in [7, 11) is 0.127. The molecular weight excluding hydrogens is 362 g/mol. The van der Waals surface area contributed by atoms with Gasteiger partial charge in [-0.25, -0.2) is 13.1 Å². The second-order valence-electron chi connectivity index (χ2n) is 6.41. The van der Waals surface area contributed by atoms with Crippen molar-refractivity contribution >= 4 is 32.4 Å². The highest BCUT2D eigenvalue weighted by molar-refractivity contribution is 7.89. The van der Waals surface area contributed by atoms with Crippen LogP contribution in [0, 0.1) is 0 Å². The molecule has 3 aromatic carbocycles. The van der Waals surface area contributed by atoms with Crippen LogP contribution in [0.3, 0.4) is 0 Å². The molecule has 0 bridgehead atoms. The molecule has 3 aromatic rings. The molecule has 27 heavy (non-hydrogen) atoms. The first-order valence-electron chi connectivity index (χ1n) is 8.37. The molecule has 0 saturated heterocycles. The van der Waals surface area contributed by atoms with Gasteiger partial charge in [-0.3, -0.25) is 4.79 Å². The Kier molecular flexibility index (Phi) is 5.16. The lowest BCUT2D eigenvalue weighted by Gasteiger charge is -2.17. The third-order valence-corrected chi connectivity index (χ3v) is 5.79. The summed E-state index contributed by atoms with van der Waals surface area (Å²) in [5.41, 5.74) is 7.28. The number of hydrogen-bond acceptors (Lipinski definition) is 4. The number of benzene rings is 3. The van der Waals surface area contributed by atoms with E-state index in [-0.39, 0.29) is 11.4 Å². The van der Waals surface area contributed by atoms with Crippen LogP contribution in [0.2, 0.25) is 0 Å². The Hall–Kier alpha value is -2.90. The lowest BCUT2D eigenvalue weighted by atomic mass is 10.1. The molecule has 0 atom stereocenters. The van der Waals surface area contributed by atoms with E-state index in [0.717, 1.165) is 16.6 Å². The molecule has 3 N–H and O–H groups in total. The molecule has 140 valence electrons. The summed E-state index contributed by atoms with van der Waals surface area (Å²) >= 11 is 0. The molecule has 0 spiro atoms. The van der Waals surface area contributed by atoms with Crippen LogP contribution >= 0.6 is 0 Å². The largest absolute Gasteiger partial charge is 0.377 e. The fourth-order valence-electron chi connectivity index (χ4n) is 2.93. The maximum absolute atomic E-state index is 12.9. The van der Waals surface area contributed by atoms with Crippen LogP contribution in [-0.4, -0.2) is 28.4 Å². The summed E-state index contributed by atoms with van der Waals surface area (Å²) in [5.74, 6) is -0.519. The van der Waals surface area contributed by atoms with Crippen molar-refractivity contribution in [1.29, 1.82) is 0 Å². The predicted molar refractivity (Wildman–Crippen MR) is 107 cm³/mol. The number of nitrogens with zero attached hydrogens (tertiary/aromatic N) is 1. The lowest BCUT2D eigenvalue weighted by Crippen LogP contribution is -2.23. The van der Waals surface area contributed by atoms with Gasteiger partial charge in [-0.05, 0) is 29.8 Å². The molecule has 0 unspecified atom stereocenters. The first-order chi connectivity index (χ1) is 12.8. The van der Waals surface area contributed by atoms with Crippen LogP contribution in [0.25, 0.3) is 10.8 Å². The minimum absolute atomic E-state index is 0.116. The lowest BCUT2D eigenvalue weighted by molar-refractivity contribution is 0.1000. The second-order valence-corrected chi connectivity index (χ2v) is 8.14. The SMILES string of the molecule is CN(C)c1cccc2c(S(=O)(=O)NCc3ccc(C(N)=O)cc3)cccc12. The number of rotatable bonds is 6. The summed E-state index contributed by atoms with van der Waals surface area (Å²) in [6.45, 7) is 0.116. The molecule has 0 aliphatic carbocycles. The molecule has 0 heterocycles. The zero-order valence-corrected chi connectivity index (χ0v) is 16.0. The Balaban J connectivity index is 1.91. The molecule has 0 aliphatic rings. The third-order valence-electron chi connectivity index (χ3n) is 4.34. The first kappa shape index (κ1) is 18.9. The number of carbonyl (C=O) groups excluding carboxylic acids is 1. The van der Waals surface area contributed by atoms with E-state index in [1.165, 1.54) is 0 Å². The van der Waals surface area contributed by atoms with Gasteiger partial charge >= 0.3 is 0 Å². The summed E-state index contributed by atoms with van der Waals surface area (Å²) in [5, 5.41) is 1.54. The number of fused-ring (bicyclic) bond motifs is 1. The van der Waals surface area contributed by atoms with Crippen LogP contribution in [-0.2, 0) is 16.6 Å². The van der Waals surface area contributed by atoms with Crippen LogP contribution in [0.4, 0.5) is 5.69 Å². The molecular formula is C20H21N3O3S. The summed E-state index contributed by atoms with van der Waals surface area (Å²) in [6, 6.07) is 17.4. The van der Waals surface area contributed by atoms with Crippen molar-refractivity contribution in [3.05, 3.63) is 71.8 Å². The second kappa shape index (κ2) is 7.38. The smallest absolute Gasteiger partial charge is 0.248 e. The van der Waals surface area contributed by atoms with Crippen molar-refractivity contribution in [2.45, 2.75) is 11.4 Å². The van der Waals surface area contributed by atoms with Crippen molar-refractivity contribution in [2.75, 3.05) is 19.0 Å². The number of carbonyl (C=O) groups is 1.